The van der Waals surface area contributed by atoms with Gasteiger partial charge in [0.15, 0.2) is 0 Å². The Morgan fingerprint density at radius 1 is 0.925 bits per heavy atom. The first-order chi connectivity index (χ1) is 19.4. The molecule has 0 aliphatic rings. The molecule has 8 nitrogen and oxygen atoms in total. The molecule has 0 aliphatic carbocycles. The standard InChI is InChI=1S/C30H28FN3O5S/c1-2-26-25(19-40-34-26)22-13-23(15-24(31)14-22)28(35)32-16-27(29(36)38-17-20-9-5-3-6-10-20)33-30(37)39-18-21-11-7-4-8-12-21/h3-15,19,27H,2,16-18H2,1H3,(H,32,35)(H,33,37)/t27-/m1/s1. The quantitative estimate of drug-likeness (QED) is 0.241. The second-order valence-electron chi connectivity index (χ2n) is 8.82. The number of amides is 2. The van der Waals surface area contributed by atoms with E-state index in [4.69, 9.17) is 9.47 Å². The summed E-state index contributed by atoms with van der Waals surface area (Å²) in [5.74, 6) is -1.97. The van der Waals surface area contributed by atoms with Crippen molar-refractivity contribution in [1.29, 1.82) is 0 Å². The van der Waals surface area contributed by atoms with E-state index in [2.05, 4.69) is 15.0 Å². The highest BCUT2D eigenvalue weighted by Crippen LogP contribution is 2.27. The van der Waals surface area contributed by atoms with Crippen molar-refractivity contribution in [2.45, 2.75) is 32.6 Å². The van der Waals surface area contributed by atoms with Crippen LogP contribution in [0.3, 0.4) is 0 Å². The molecule has 2 amide bonds. The zero-order chi connectivity index (χ0) is 28.3. The number of carbonyl (C=O) groups is 3. The van der Waals surface area contributed by atoms with E-state index < -0.39 is 29.8 Å². The molecule has 0 unspecified atom stereocenters. The second kappa shape index (κ2) is 14.0. The Hall–Kier alpha value is -4.57. The number of hydrogen-bond donors (Lipinski definition) is 2. The van der Waals surface area contributed by atoms with E-state index in [9.17, 15) is 18.8 Å². The van der Waals surface area contributed by atoms with Crippen LogP contribution in [-0.4, -0.2) is 34.9 Å². The molecule has 0 saturated heterocycles. The molecule has 0 fully saturated rings. The van der Waals surface area contributed by atoms with E-state index in [-0.39, 0.29) is 25.3 Å². The molecule has 206 valence electrons. The Morgan fingerprint density at radius 2 is 1.57 bits per heavy atom. The predicted molar refractivity (Wildman–Crippen MR) is 149 cm³/mol. The van der Waals surface area contributed by atoms with Gasteiger partial charge in [0.25, 0.3) is 5.91 Å². The maximum absolute atomic E-state index is 14.5. The molecule has 0 spiro atoms. The number of alkyl carbamates (subject to hydrolysis) is 1. The topological polar surface area (TPSA) is 107 Å². The normalized spacial score (nSPS) is 11.3. The lowest BCUT2D eigenvalue weighted by atomic mass is 10.0. The van der Waals surface area contributed by atoms with Crippen molar-refractivity contribution in [3.63, 3.8) is 0 Å². The highest BCUT2D eigenvalue weighted by molar-refractivity contribution is 7.04. The molecule has 0 aliphatic heterocycles. The minimum Gasteiger partial charge on any atom is -0.459 e. The molecular weight excluding hydrogens is 533 g/mol. The van der Waals surface area contributed by atoms with Crippen LogP contribution in [0.25, 0.3) is 11.1 Å². The lowest BCUT2D eigenvalue weighted by molar-refractivity contribution is -0.147. The van der Waals surface area contributed by atoms with Gasteiger partial charge in [0.2, 0.25) is 0 Å². The van der Waals surface area contributed by atoms with Crippen LogP contribution in [0.4, 0.5) is 9.18 Å². The van der Waals surface area contributed by atoms with Crippen LogP contribution < -0.4 is 10.6 Å². The molecule has 0 bridgehead atoms. The van der Waals surface area contributed by atoms with Gasteiger partial charge in [0.05, 0.1) is 5.69 Å². The van der Waals surface area contributed by atoms with Crippen molar-refractivity contribution in [2.24, 2.45) is 0 Å². The Kier molecular flexibility index (Phi) is 9.95. The summed E-state index contributed by atoms with van der Waals surface area (Å²) in [5.41, 5.74) is 3.67. The van der Waals surface area contributed by atoms with E-state index in [1.165, 1.54) is 17.6 Å². The van der Waals surface area contributed by atoms with Gasteiger partial charge < -0.3 is 20.1 Å². The first-order valence-electron chi connectivity index (χ1n) is 12.6. The average Bonchev–Trinajstić information content (AvgIpc) is 3.47. The van der Waals surface area contributed by atoms with Gasteiger partial charge in [-0.2, -0.15) is 4.37 Å². The largest absolute Gasteiger partial charge is 0.459 e. The molecule has 0 saturated carbocycles. The van der Waals surface area contributed by atoms with Crippen LogP contribution >= 0.6 is 11.5 Å². The summed E-state index contributed by atoms with van der Waals surface area (Å²) in [6.07, 6.45) is -0.194. The van der Waals surface area contributed by atoms with E-state index in [0.717, 1.165) is 28.5 Å². The van der Waals surface area contributed by atoms with Gasteiger partial charge in [0, 0.05) is 23.1 Å². The molecule has 1 heterocycles. The Balaban J connectivity index is 1.43. The SMILES string of the molecule is CCc1nscc1-c1cc(F)cc(C(=O)NC[C@@H](NC(=O)OCc2ccccc2)C(=O)OCc2ccccc2)c1. The molecular formula is C30H28FN3O5S. The van der Waals surface area contributed by atoms with Crippen LogP contribution in [-0.2, 0) is 33.9 Å². The molecule has 4 rings (SSSR count). The molecule has 10 heteroatoms. The van der Waals surface area contributed by atoms with Gasteiger partial charge >= 0.3 is 12.1 Å². The van der Waals surface area contributed by atoms with Crippen molar-refractivity contribution in [3.8, 4) is 11.1 Å². The third-order valence-electron chi connectivity index (χ3n) is 5.93. The van der Waals surface area contributed by atoms with Gasteiger partial charge in [-0.1, -0.05) is 67.6 Å². The molecule has 40 heavy (non-hydrogen) atoms. The summed E-state index contributed by atoms with van der Waals surface area (Å²) in [4.78, 5) is 38.4. The highest BCUT2D eigenvalue weighted by Gasteiger charge is 2.25. The Labute approximate surface area is 235 Å². The Bertz CT molecular complexity index is 1450. The number of ether oxygens (including phenoxy) is 2. The number of halogens is 1. The van der Waals surface area contributed by atoms with E-state index in [1.54, 1.807) is 35.7 Å². The number of aromatic nitrogens is 1. The van der Waals surface area contributed by atoms with E-state index in [0.29, 0.717) is 12.0 Å². The van der Waals surface area contributed by atoms with Crippen LogP contribution in [0.15, 0.2) is 84.2 Å². The molecule has 1 aromatic heterocycles. The minimum atomic E-state index is -1.25. The summed E-state index contributed by atoms with van der Waals surface area (Å²) in [6, 6.07) is 20.8. The fourth-order valence-corrected chi connectivity index (χ4v) is 4.64. The number of hydrogen-bond acceptors (Lipinski definition) is 7. The summed E-state index contributed by atoms with van der Waals surface area (Å²) in [7, 11) is 0. The van der Waals surface area contributed by atoms with Gasteiger partial charge in [-0.15, -0.1) is 0 Å². The number of nitrogens with one attached hydrogen (secondary N) is 2. The molecule has 0 radical (unpaired) electrons. The summed E-state index contributed by atoms with van der Waals surface area (Å²) >= 11 is 1.26. The predicted octanol–water partition coefficient (Wildman–Crippen LogP) is 5.28. The smallest absolute Gasteiger partial charge is 0.408 e. The molecule has 3 aromatic carbocycles. The van der Waals surface area contributed by atoms with E-state index in [1.807, 2.05) is 43.3 Å². The van der Waals surface area contributed by atoms with Crippen molar-refractivity contribution < 1.29 is 28.2 Å². The van der Waals surface area contributed by atoms with Crippen LogP contribution in [0, 0.1) is 5.82 Å². The lowest BCUT2D eigenvalue weighted by Crippen LogP contribution is -2.49. The van der Waals surface area contributed by atoms with E-state index >= 15 is 0 Å². The second-order valence-corrected chi connectivity index (χ2v) is 9.45. The number of rotatable bonds is 11. The molecule has 2 N–H and O–H groups in total. The van der Waals surface area contributed by atoms with Crippen molar-refractivity contribution in [3.05, 3.63) is 112 Å². The maximum atomic E-state index is 14.5. The van der Waals surface area contributed by atoms with Crippen LogP contribution in [0.2, 0.25) is 0 Å². The first-order valence-corrected chi connectivity index (χ1v) is 13.5. The number of benzene rings is 3. The van der Waals surface area contributed by atoms with Gasteiger partial charge in [-0.05, 0) is 52.8 Å². The number of nitrogens with zero attached hydrogens (tertiary/aromatic N) is 1. The summed E-state index contributed by atoms with van der Waals surface area (Å²) in [5, 5.41) is 6.86. The van der Waals surface area contributed by atoms with Crippen molar-refractivity contribution >= 4 is 29.5 Å². The maximum Gasteiger partial charge on any atom is 0.408 e. The minimum absolute atomic E-state index is 0.00588. The fraction of sp³-hybridized carbons (Fsp3) is 0.200. The summed E-state index contributed by atoms with van der Waals surface area (Å²) < 4.78 is 29.4. The van der Waals surface area contributed by atoms with Gasteiger partial charge in [-0.3, -0.25) is 4.79 Å². The third-order valence-corrected chi connectivity index (χ3v) is 6.60. The van der Waals surface area contributed by atoms with Gasteiger partial charge in [-0.25, -0.2) is 14.0 Å². The first kappa shape index (κ1) is 28.4. The monoisotopic (exact) mass is 561 g/mol. The lowest BCUT2D eigenvalue weighted by Gasteiger charge is -2.18. The third kappa shape index (κ3) is 7.97. The summed E-state index contributed by atoms with van der Waals surface area (Å²) in [6.45, 7) is 1.61. The zero-order valence-electron chi connectivity index (χ0n) is 21.8. The number of esters is 1. The molecule has 4 aromatic rings. The Morgan fingerprint density at radius 3 is 2.23 bits per heavy atom. The zero-order valence-corrected chi connectivity index (χ0v) is 22.6. The fourth-order valence-electron chi connectivity index (χ4n) is 3.85. The molecule has 1 atom stereocenters. The van der Waals surface area contributed by atoms with Crippen molar-refractivity contribution in [1.82, 2.24) is 15.0 Å². The highest BCUT2D eigenvalue weighted by atomic mass is 32.1. The van der Waals surface area contributed by atoms with Gasteiger partial charge in [0.1, 0.15) is 25.1 Å². The van der Waals surface area contributed by atoms with Crippen LogP contribution in [0.5, 0.6) is 0 Å². The number of aryl methyl sites for hydroxylation is 1. The van der Waals surface area contributed by atoms with Crippen molar-refractivity contribution in [2.75, 3.05) is 6.54 Å². The average molecular weight is 562 g/mol. The van der Waals surface area contributed by atoms with Crippen LogP contribution in [0.1, 0.15) is 34.1 Å². The number of carbonyl (C=O) groups excluding carboxylic acids is 3.